The second-order valence-corrected chi connectivity index (χ2v) is 6.55. The number of anilines is 1. The number of urea groups is 1. The van der Waals surface area contributed by atoms with Gasteiger partial charge in [0.1, 0.15) is 0 Å². The van der Waals surface area contributed by atoms with E-state index in [9.17, 15) is 9.59 Å². The topological polar surface area (TPSA) is 78.4 Å². The van der Waals surface area contributed by atoms with E-state index in [-0.39, 0.29) is 17.1 Å². The Morgan fingerprint density at radius 2 is 1.90 bits per heavy atom. The molecule has 0 spiro atoms. The van der Waals surface area contributed by atoms with Crippen LogP contribution in [0.1, 0.15) is 49.4 Å². The van der Waals surface area contributed by atoms with Crippen molar-refractivity contribution in [3.63, 3.8) is 0 Å². The molecule has 0 atom stereocenters. The Morgan fingerprint density at radius 1 is 1.24 bits per heavy atom. The number of amides is 2. The highest BCUT2D eigenvalue weighted by atomic mass is 79.9. The van der Waals surface area contributed by atoms with E-state index in [0.29, 0.717) is 10.2 Å². The molecule has 6 heteroatoms. The van der Waals surface area contributed by atoms with Crippen molar-refractivity contribution in [2.24, 2.45) is 0 Å². The lowest BCUT2D eigenvalue weighted by Gasteiger charge is -2.34. The Bertz CT molecular complexity index is 554. The molecule has 0 unspecified atom stereocenters. The van der Waals surface area contributed by atoms with E-state index in [2.05, 4.69) is 33.5 Å². The fourth-order valence-electron chi connectivity index (χ4n) is 2.63. The Hall–Kier alpha value is -1.56. The van der Waals surface area contributed by atoms with E-state index in [4.69, 9.17) is 5.11 Å². The van der Waals surface area contributed by atoms with Gasteiger partial charge in [0.15, 0.2) is 0 Å². The smallest absolute Gasteiger partial charge is 0.335 e. The average Bonchev–Trinajstić information content (AvgIpc) is 2.41. The molecule has 1 aliphatic carbocycles. The SMILES string of the molecule is CC1(NC(=O)Nc2ccc(C(=O)O)cc2Br)CCCCC1. The van der Waals surface area contributed by atoms with E-state index in [1.165, 1.54) is 18.6 Å². The Kier molecular flexibility index (Phi) is 4.88. The Balaban J connectivity index is 2.01. The fraction of sp³-hybridized carbons (Fsp3) is 0.467. The van der Waals surface area contributed by atoms with Gasteiger partial charge in [-0.05, 0) is 53.9 Å². The fourth-order valence-corrected chi connectivity index (χ4v) is 3.11. The number of carbonyl (C=O) groups is 2. The third-order valence-electron chi connectivity index (χ3n) is 3.84. The number of hydrogen-bond donors (Lipinski definition) is 3. The predicted octanol–water partition coefficient (Wildman–Crippen LogP) is 3.99. The van der Waals surface area contributed by atoms with Crippen LogP contribution in [0.2, 0.25) is 0 Å². The molecule has 5 nitrogen and oxygen atoms in total. The second kappa shape index (κ2) is 6.47. The van der Waals surface area contributed by atoms with E-state index in [1.807, 2.05) is 0 Å². The van der Waals surface area contributed by atoms with Crippen LogP contribution in [0.25, 0.3) is 0 Å². The van der Waals surface area contributed by atoms with Crippen molar-refractivity contribution >= 4 is 33.6 Å². The minimum absolute atomic E-state index is 0.157. The molecule has 0 saturated heterocycles. The normalized spacial score (nSPS) is 17.0. The van der Waals surface area contributed by atoms with E-state index in [1.54, 1.807) is 6.07 Å². The van der Waals surface area contributed by atoms with Crippen LogP contribution >= 0.6 is 15.9 Å². The summed E-state index contributed by atoms with van der Waals surface area (Å²) in [6.07, 6.45) is 5.46. The number of carboxylic acids is 1. The summed E-state index contributed by atoms with van der Waals surface area (Å²) >= 11 is 3.28. The van der Waals surface area contributed by atoms with Gasteiger partial charge in [0.05, 0.1) is 11.3 Å². The van der Waals surface area contributed by atoms with Gasteiger partial charge in [0.2, 0.25) is 0 Å². The number of hydrogen-bond acceptors (Lipinski definition) is 2. The molecule has 0 aliphatic heterocycles. The molecular weight excluding hydrogens is 336 g/mol. The minimum Gasteiger partial charge on any atom is -0.478 e. The first-order chi connectivity index (χ1) is 9.89. The average molecular weight is 355 g/mol. The van der Waals surface area contributed by atoms with Crippen LogP contribution in [0.5, 0.6) is 0 Å². The molecule has 1 saturated carbocycles. The molecule has 1 aromatic carbocycles. The Labute approximate surface area is 132 Å². The zero-order chi connectivity index (χ0) is 15.5. The maximum atomic E-state index is 12.1. The van der Waals surface area contributed by atoms with E-state index >= 15 is 0 Å². The van der Waals surface area contributed by atoms with Gasteiger partial charge in [-0.3, -0.25) is 0 Å². The summed E-state index contributed by atoms with van der Waals surface area (Å²) in [5, 5.41) is 14.7. The van der Waals surface area contributed by atoms with Gasteiger partial charge in [-0.15, -0.1) is 0 Å². The maximum absolute atomic E-state index is 12.1. The molecule has 0 aromatic heterocycles. The number of benzene rings is 1. The molecule has 21 heavy (non-hydrogen) atoms. The van der Waals surface area contributed by atoms with Crippen molar-refractivity contribution in [1.82, 2.24) is 5.32 Å². The maximum Gasteiger partial charge on any atom is 0.335 e. The van der Waals surface area contributed by atoms with Crippen molar-refractivity contribution in [2.75, 3.05) is 5.32 Å². The van der Waals surface area contributed by atoms with Crippen molar-refractivity contribution in [3.05, 3.63) is 28.2 Å². The summed E-state index contributed by atoms with van der Waals surface area (Å²) in [4.78, 5) is 23.0. The summed E-state index contributed by atoms with van der Waals surface area (Å²) < 4.78 is 0.548. The summed E-state index contributed by atoms with van der Waals surface area (Å²) in [5.41, 5.74) is 0.569. The molecule has 114 valence electrons. The molecule has 3 N–H and O–H groups in total. The van der Waals surface area contributed by atoms with Crippen LogP contribution in [-0.2, 0) is 0 Å². The van der Waals surface area contributed by atoms with Crippen LogP contribution < -0.4 is 10.6 Å². The zero-order valence-corrected chi connectivity index (χ0v) is 13.5. The van der Waals surface area contributed by atoms with Crippen LogP contribution in [0, 0.1) is 0 Å². The van der Waals surface area contributed by atoms with Crippen molar-refractivity contribution in [2.45, 2.75) is 44.6 Å². The molecule has 2 amide bonds. The van der Waals surface area contributed by atoms with E-state index < -0.39 is 5.97 Å². The van der Waals surface area contributed by atoms with Crippen LogP contribution in [0.4, 0.5) is 10.5 Å². The summed E-state index contributed by atoms with van der Waals surface area (Å²) in [6, 6.07) is 4.25. The van der Waals surface area contributed by atoms with Crippen molar-refractivity contribution in [1.29, 1.82) is 0 Å². The van der Waals surface area contributed by atoms with Gasteiger partial charge >= 0.3 is 12.0 Å². The highest BCUT2D eigenvalue weighted by Crippen LogP contribution is 2.28. The highest BCUT2D eigenvalue weighted by Gasteiger charge is 2.28. The third kappa shape index (κ3) is 4.20. The number of aromatic carboxylic acids is 1. The number of rotatable bonds is 3. The summed E-state index contributed by atoms with van der Waals surface area (Å²) in [7, 11) is 0. The summed E-state index contributed by atoms with van der Waals surface area (Å²) in [6.45, 7) is 2.06. The monoisotopic (exact) mass is 354 g/mol. The lowest BCUT2D eigenvalue weighted by molar-refractivity contribution is 0.0697. The molecular formula is C15H19BrN2O3. The van der Waals surface area contributed by atoms with Gasteiger partial charge < -0.3 is 15.7 Å². The lowest BCUT2D eigenvalue weighted by atomic mass is 9.83. The standard InChI is InChI=1S/C15H19BrN2O3/c1-15(7-3-2-4-8-15)18-14(21)17-12-6-5-10(13(19)20)9-11(12)16/h5-6,9H,2-4,7-8H2,1H3,(H,19,20)(H2,17,18,21). The predicted molar refractivity (Wildman–Crippen MR) is 84.7 cm³/mol. The van der Waals surface area contributed by atoms with Crippen LogP contribution in [0.15, 0.2) is 22.7 Å². The van der Waals surface area contributed by atoms with Gasteiger partial charge in [-0.25, -0.2) is 9.59 Å². The lowest BCUT2D eigenvalue weighted by Crippen LogP contribution is -2.48. The summed E-state index contributed by atoms with van der Waals surface area (Å²) in [5.74, 6) is -0.999. The number of nitrogens with one attached hydrogen (secondary N) is 2. The van der Waals surface area contributed by atoms with E-state index in [0.717, 1.165) is 25.7 Å². The molecule has 2 rings (SSSR count). The largest absolute Gasteiger partial charge is 0.478 e. The number of halogens is 1. The number of carboxylic acid groups (broad SMARTS) is 1. The zero-order valence-electron chi connectivity index (χ0n) is 11.9. The minimum atomic E-state index is -0.999. The molecule has 0 bridgehead atoms. The highest BCUT2D eigenvalue weighted by molar-refractivity contribution is 9.10. The third-order valence-corrected chi connectivity index (χ3v) is 4.49. The molecule has 1 aromatic rings. The molecule has 1 aliphatic rings. The quantitative estimate of drug-likeness (QED) is 0.767. The van der Waals surface area contributed by atoms with Gasteiger partial charge in [0.25, 0.3) is 0 Å². The second-order valence-electron chi connectivity index (χ2n) is 5.70. The molecule has 0 radical (unpaired) electrons. The van der Waals surface area contributed by atoms with Crippen LogP contribution in [-0.4, -0.2) is 22.6 Å². The van der Waals surface area contributed by atoms with Gasteiger partial charge in [-0.2, -0.15) is 0 Å². The molecule has 0 heterocycles. The van der Waals surface area contributed by atoms with Crippen molar-refractivity contribution in [3.8, 4) is 0 Å². The van der Waals surface area contributed by atoms with Crippen molar-refractivity contribution < 1.29 is 14.7 Å². The first-order valence-corrected chi connectivity index (χ1v) is 7.81. The molecule has 1 fully saturated rings. The first kappa shape index (κ1) is 15.8. The van der Waals surface area contributed by atoms with Crippen LogP contribution in [0.3, 0.4) is 0 Å². The van der Waals surface area contributed by atoms with Gasteiger partial charge in [0, 0.05) is 10.0 Å². The first-order valence-electron chi connectivity index (χ1n) is 7.02. The Morgan fingerprint density at radius 3 is 2.48 bits per heavy atom. The number of carbonyl (C=O) groups excluding carboxylic acids is 1. The van der Waals surface area contributed by atoms with Gasteiger partial charge in [-0.1, -0.05) is 19.3 Å².